The average molecular weight is 325 g/mol. The maximum atomic E-state index is 12.4. The summed E-state index contributed by atoms with van der Waals surface area (Å²) < 4.78 is 12.4. The van der Waals surface area contributed by atoms with Crippen molar-refractivity contribution < 1.29 is 9.13 Å². The first-order valence-corrected chi connectivity index (χ1v) is 7.76. The van der Waals surface area contributed by atoms with Gasteiger partial charge in [-0.1, -0.05) is 23.7 Å². The van der Waals surface area contributed by atoms with Gasteiger partial charge in [0.2, 0.25) is 0 Å². The van der Waals surface area contributed by atoms with Gasteiger partial charge in [-0.2, -0.15) is 0 Å². The van der Waals surface area contributed by atoms with Crippen LogP contribution in [0.15, 0.2) is 41.3 Å². The lowest BCUT2D eigenvalue weighted by Crippen LogP contribution is -2.02. The van der Waals surface area contributed by atoms with Crippen LogP contribution in [0.1, 0.15) is 11.1 Å². The number of nitro groups is 1. The van der Waals surface area contributed by atoms with Gasteiger partial charge in [0.25, 0.3) is 5.69 Å². The Morgan fingerprint density at radius 1 is 1.33 bits per heavy atom. The number of benzene rings is 2. The molecular weight excluding hydrogens is 312 g/mol. The molecule has 2 aromatic rings. The molecule has 0 amide bonds. The van der Waals surface area contributed by atoms with E-state index >= 15 is 0 Å². The largest absolute Gasteiger partial charge is 0.399 e. The number of halogens is 1. The van der Waals surface area contributed by atoms with Crippen LogP contribution in [0.3, 0.4) is 0 Å². The van der Waals surface area contributed by atoms with Crippen molar-refractivity contribution in [3.05, 3.63) is 62.7 Å². The summed E-state index contributed by atoms with van der Waals surface area (Å²) in [4.78, 5) is 10.9. The highest BCUT2D eigenvalue weighted by Crippen LogP contribution is 2.27. The van der Waals surface area contributed by atoms with Gasteiger partial charge in [-0.15, -0.1) is 0 Å². The molecule has 2 rings (SSSR count). The van der Waals surface area contributed by atoms with Crippen molar-refractivity contribution in [3.8, 4) is 0 Å². The van der Waals surface area contributed by atoms with Crippen molar-refractivity contribution in [2.24, 2.45) is 0 Å². The number of anilines is 1. The molecule has 0 radical (unpaired) electrons. The molecule has 1 atom stereocenters. The van der Waals surface area contributed by atoms with Crippen molar-refractivity contribution >= 4 is 33.8 Å². The van der Waals surface area contributed by atoms with Crippen LogP contribution < -0.4 is 5.73 Å². The van der Waals surface area contributed by atoms with Gasteiger partial charge < -0.3 is 5.73 Å². The number of rotatable bonds is 4. The Labute approximate surface area is 129 Å². The van der Waals surface area contributed by atoms with Gasteiger partial charge in [-0.25, -0.2) is 0 Å². The van der Waals surface area contributed by atoms with Crippen LogP contribution in [-0.2, 0) is 16.6 Å². The highest BCUT2D eigenvalue weighted by atomic mass is 35.5. The fraction of sp³-hybridized carbons (Fsp3) is 0.143. The summed E-state index contributed by atoms with van der Waals surface area (Å²) in [7, 11) is -1.40. The van der Waals surface area contributed by atoms with E-state index in [-0.39, 0.29) is 11.4 Å². The minimum Gasteiger partial charge on any atom is -0.399 e. The van der Waals surface area contributed by atoms with E-state index < -0.39 is 15.7 Å². The molecule has 0 aliphatic carbocycles. The zero-order valence-electron chi connectivity index (χ0n) is 11.2. The zero-order chi connectivity index (χ0) is 15.6. The second kappa shape index (κ2) is 6.24. The molecule has 7 heteroatoms. The number of hydrogen-bond donors (Lipinski definition) is 1. The SMILES string of the molecule is Cc1c(CS(=O)c2ccc(N)cc2Cl)cccc1[N+](=O)[O-]. The summed E-state index contributed by atoms with van der Waals surface area (Å²) in [5.74, 6) is 0.164. The van der Waals surface area contributed by atoms with Gasteiger partial charge in [0, 0.05) is 17.3 Å². The van der Waals surface area contributed by atoms with E-state index in [0.29, 0.717) is 26.7 Å². The molecule has 2 N–H and O–H groups in total. The first-order chi connectivity index (χ1) is 9.90. The molecule has 0 aliphatic rings. The third kappa shape index (κ3) is 3.40. The molecular formula is C14H13ClN2O3S. The van der Waals surface area contributed by atoms with E-state index in [0.717, 1.165) is 0 Å². The molecule has 21 heavy (non-hydrogen) atoms. The second-order valence-electron chi connectivity index (χ2n) is 4.50. The molecule has 1 unspecified atom stereocenters. The van der Waals surface area contributed by atoms with E-state index in [9.17, 15) is 14.3 Å². The predicted octanol–water partition coefficient (Wildman–Crippen LogP) is 3.45. The Balaban J connectivity index is 2.32. The lowest BCUT2D eigenvalue weighted by molar-refractivity contribution is -0.385. The average Bonchev–Trinajstić information content (AvgIpc) is 2.40. The van der Waals surface area contributed by atoms with Crippen LogP contribution >= 0.6 is 11.6 Å². The Bertz CT molecular complexity index is 734. The predicted molar refractivity (Wildman–Crippen MR) is 83.8 cm³/mol. The Morgan fingerprint density at radius 3 is 2.67 bits per heavy atom. The van der Waals surface area contributed by atoms with Crippen LogP contribution in [0, 0.1) is 17.0 Å². The third-order valence-electron chi connectivity index (χ3n) is 3.10. The van der Waals surface area contributed by atoms with E-state index in [2.05, 4.69) is 0 Å². The number of hydrogen-bond acceptors (Lipinski definition) is 4. The molecule has 2 aromatic carbocycles. The van der Waals surface area contributed by atoms with Crippen LogP contribution in [0.4, 0.5) is 11.4 Å². The Morgan fingerprint density at radius 2 is 2.05 bits per heavy atom. The maximum Gasteiger partial charge on any atom is 0.272 e. The molecule has 5 nitrogen and oxygen atoms in total. The minimum absolute atomic E-state index is 0.0212. The quantitative estimate of drug-likeness (QED) is 0.530. The monoisotopic (exact) mass is 324 g/mol. The Hall–Kier alpha value is -1.92. The van der Waals surface area contributed by atoms with Gasteiger partial charge in [-0.05, 0) is 30.7 Å². The maximum absolute atomic E-state index is 12.4. The van der Waals surface area contributed by atoms with Crippen molar-refractivity contribution in [2.75, 3.05) is 5.73 Å². The number of nitrogen functional groups attached to an aromatic ring is 1. The molecule has 0 aromatic heterocycles. The van der Waals surface area contributed by atoms with Gasteiger partial charge in [0.1, 0.15) is 0 Å². The molecule has 110 valence electrons. The van der Waals surface area contributed by atoms with Crippen molar-refractivity contribution in [1.82, 2.24) is 0 Å². The first-order valence-electron chi connectivity index (χ1n) is 6.06. The lowest BCUT2D eigenvalue weighted by Gasteiger charge is -2.08. The highest BCUT2D eigenvalue weighted by molar-refractivity contribution is 7.84. The normalized spacial score (nSPS) is 12.1. The molecule has 0 spiro atoms. The van der Waals surface area contributed by atoms with Crippen molar-refractivity contribution in [2.45, 2.75) is 17.6 Å². The zero-order valence-corrected chi connectivity index (χ0v) is 12.8. The summed E-state index contributed by atoms with van der Waals surface area (Å²) in [6.07, 6.45) is 0. The summed E-state index contributed by atoms with van der Waals surface area (Å²) in [5, 5.41) is 11.2. The molecule has 0 saturated heterocycles. The van der Waals surface area contributed by atoms with E-state index in [1.165, 1.54) is 12.1 Å². The summed E-state index contributed by atoms with van der Waals surface area (Å²) in [5.41, 5.74) is 7.29. The number of nitrogens with zero attached hydrogens (tertiary/aromatic N) is 1. The first kappa shape index (κ1) is 15.5. The van der Waals surface area contributed by atoms with Crippen molar-refractivity contribution in [1.29, 1.82) is 0 Å². The van der Waals surface area contributed by atoms with Gasteiger partial charge in [0.15, 0.2) is 0 Å². The van der Waals surface area contributed by atoms with E-state index in [1.54, 1.807) is 31.2 Å². The molecule has 0 bridgehead atoms. The van der Waals surface area contributed by atoms with Crippen LogP contribution in [0.5, 0.6) is 0 Å². The van der Waals surface area contributed by atoms with Crippen molar-refractivity contribution in [3.63, 3.8) is 0 Å². The Kier molecular flexibility index (Phi) is 4.59. The highest BCUT2D eigenvalue weighted by Gasteiger charge is 2.16. The molecule has 0 fully saturated rings. The molecule has 0 aliphatic heterocycles. The van der Waals surface area contributed by atoms with Gasteiger partial charge in [-0.3, -0.25) is 14.3 Å². The number of nitrogens with two attached hydrogens (primary N) is 1. The fourth-order valence-electron chi connectivity index (χ4n) is 1.94. The van der Waals surface area contributed by atoms with Crippen LogP contribution in [0.25, 0.3) is 0 Å². The standard InChI is InChI=1S/C14H13ClN2O3S/c1-9-10(3-2-4-13(9)17(18)19)8-21(20)14-6-5-11(16)7-12(14)15/h2-7H,8,16H2,1H3. The fourth-order valence-corrected chi connectivity index (χ4v) is 3.64. The molecule has 0 heterocycles. The van der Waals surface area contributed by atoms with E-state index in [1.807, 2.05) is 0 Å². The summed E-state index contributed by atoms with van der Waals surface area (Å²) in [6.45, 7) is 1.65. The lowest BCUT2D eigenvalue weighted by atomic mass is 10.1. The number of nitro benzene ring substituents is 1. The molecule has 0 saturated carbocycles. The second-order valence-corrected chi connectivity index (χ2v) is 6.32. The van der Waals surface area contributed by atoms with Gasteiger partial charge >= 0.3 is 0 Å². The van der Waals surface area contributed by atoms with Gasteiger partial charge in [0.05, 0.1) is 31.4 Å². The summed E-state index contributed by atoms with van der Waals surface area (Å²) >= 11 is 6.03. The third-order valence-corrected chi connectivity index (χ3v) is 4.95. The topological polar surface area (TPSA) is 86.2 Å². The van der Waals surface area contributed by atoms with Crippen LogP contribution in [0.2, 0.25) is 5.02 Å². The summed E-state index contributed by atoms with van der Waals surface area (Å²) in [6, 6.07) is 9.51. The smallest absolute Gasteiger partial charge is 0.272 e. The minimum atomic E-state index is -1.40. The van der Waals surface area contributed by atoms with E-state index in [4.69, 9.17) is 17.3 Å². The van der Waals surface area contributed by atoms with Crippen LogP contribution in [-0.4, -0.2) is 9.13 Å².